The number of nitrogens with one attached hydrogen (secondary N) is 2. The zero-order valence-corrected chi connectivity index (χ0v) is 14.6. The monoisotopic (exact) mass is 397 g/mol. The molecule has 2 atom stereocenters. The highest BCUT2D eigenvalue weighted by Gasteiger charge is 2.48. The molecule has 1 heterocycles. The molecule has 1 aliphatic carbocycles. The second-order valence-electron chi connectivity index (χ2n) is 6.17. The molecule has 1 aromatic heterocycles. The molecule has 9 heteroatoms. The van der Waals surface area contributed by atoms with Gasteiger partial charge in [0.15, 0.2) is 0 Å². The number of pyridine rings is 1. The quantitative estimate of drug-likeness (QED) is 0.809. The molecule has 0 spiro atoms. The van der Waals surface area contributed by atoms with Crippen LogP contribution in [-0.4, -0.2) is 16.8 Å². The normalized spacial score (nSPS) is 18.7. The Morgan fingerprint density at radius 3 is 2.56 bits per heavy atom. The van der Waals surface area contributed by atoms with Crippen molar-refractivity contribution in [3.8, 4) is 0 Å². The van der Waals surface area contributed by atoms with E-state index < -0.39 is 34.5 Å². The van der Waals surface area contributed by atoms with Crippen molar-refractivity contribution >= 4 is 29.1 Å². The van der Waals surface area contributed by atoms with E-state index in [2.05, 4.69) is 15.6 Å². The van der Waals surface area contributed by atoms with Crippen LogP contribution in [0.2, 0.25) is 5.02 Å². The van der Waals surface area contributed by atoms with Crippen LogP contribution in [-0.2, 0) is 22.3 Å². The summed E-state index contributed by atoms with van der Waals surface area (Å²) >= 11 is 5.55. The van der Waals surface area contributed by atoms with E-state index in [1.807, 2.05) is 0 Å². The Hall–Kier alpha value is -2.61. The molecule has 1 fully saturated rings. The fourth-order valence-electron chi connectivity index (χ4n) is 2.64. The molecule has 0 bridgehead atoms. The largest absolute Gasteiger partial charge is 0.417 e. The highest BCUT2D eigenvalue weighted by molar-refractivity contribution is 6.31. The van der Waals surface area contributed by atoms with E-state index in [0.29, 0.717) is 12.1 Å². The number of carbonyl (C=O) groups is 2. The first-order chi connectivity index (χ1) is 12.8. The van der Waals surface area contributed by atoms with Crippen LogP contribution in [0.15, 0.2) is 42.6 Å². The van der Waals surface area contributed by atoms with Crippen LogP contribution in [0, 0.1) is 11.8 Å². The molecule has 2 amide bonds. The van der Waals surface area contributed by atoms with E-state index >= 15 is 0 Å². The molecule has 0 radical (unpaired) electrons. The number of nitrogens with zero attached hydrogens (tertiary/aromatic N) is 1. The van der Waals surface area contributed by atoms with E-state index in [0.717, 1.165) is 12.1 Å². The summed E-state index contributed by atoms with van der Waals surface area (Å²) in [4.78, 5) is 28.4. The van der Waals surface area contributed by atoms with Crippen LogP contribution < -0.4 is 10.6 Å². The summed E-state index contributed by atoms with van der Waals surface area (Å²) in [5, 5.41) is 4.67. The second-order valence-corrected chi connectivity index (χ2v) is 6.58. The van der Waals surface area contributed by atoms with Gasteiger partial charge in [-0.15, -0.1) is 0 Å². The van der Waals surface area contributed by atoms with E-state index in [-0.39, 0.29) is 18.1 Å². The predicted molar refractivity (Wildman–Crippen MR) is 92.8 cm³/mol. The van der Waals surface area contributed by atoms with Crippen molar-refractivity contribution in [3.05, 3.63) is 58.9 Å². The van der Waals surface area contributed by atoms with E-state index in [9.17, 15) is 22.8 Å². The standard InChI is InChI=1S/C18H15ClF3N3O2/c19-15-5-4-10(7-14(15)18(20,21)22)25-17(27)13-8-12(13)16(26)24-9-11-3-1-2-6-23-11/h1-7,12-13H,8-9H2,(H,24,26)(H,25,27). The van der Waals surface area contributed by atoms with Gasteiger partial charge in [0.2, 0.25) is 11.8 Å². The predicted octanol–water partition coefficient (Wildman–Crippen LogP) is 3.64. The van der Waals surface area contributed by atoms with Gasteiger partial charge in [-0.3, -0.25) is 14.6 Å². The van der Waals surface area contributed by atoms with Gasteiger partial charge in [0.05, 0.1) is 34.7 Å². The summed E-state index contributed by atoms with van der Waals surface area (Å²) in [6.07, 6.45) is -2.67. The van der Waals surface area contributed by atoms with Crippen molar-refractivity contribution in [3.63, 3.8) is 0 Å². The Bertz CT molecular complexity index is 859. The molecule has 1 saturated carbocycles. The smallest absolute Gasteiger partial charge is 0.350 e. The van der Waals surface area contributed by atoms with Crippen molar-refractivity contribution in [1.29, 1.82) is 0 Å². The first-order valence-electron chi connectivity index (χ1n) is 8.11. The number of hydrogen-bond donors (Lipinski definition) is 2. The van der Waals surface area contributed by atoms with Crippen LogP contribution >= 0.6 is 11.6 Å². The lowest BCUT2D eigenvalue weighted by Crippen LogP contribution is -2.27. The van der Waals surface area contributed by atoms with Crippen LogP contribution in [0.1, 0.15) is 17.7 Å². The lowest BCUT2D eigenvalue weighted by atomic mass is 10.2. The molecular formula is C18H15ClF3N3O2. The van der Waals surface area contributed by atoms with Crippen molar-refractivity contribution in [2.75, 3.05) is 5.32 Å². The molecule has 2 unspecified atom stereocenters. The highest BCUT2D eigenvalue weighted by atomic mass is 35.5. The van der Waals surface area contributed by atoms with Gasteiger partial charge in [-0.2, -0.15) is 13.2 Å². The molecule has 5 nitrogen and oxygen atoms in total. The summed E-state index contributed by atoms with van der Waals surface area (Å²) < 4.78 is 38.6. The minimum absolute atomic E-state index is 0.0173. The van der Waals surface area contributed by atoms with Gasteiger partial charge < -0.3 is 10.6 Å². The average molecular weight is 398 g/mol. The minimum Gasteiger partial charge on any atom is -0.350 e. The Labute approximate surface area is 157 Å². The number of alkyl halides is 3. The van der Waals surface area contributed by atoms with E-state index in [1.165, 1.54) is 6.07 Å². The van der Waals surface area contributed by atoms with Crippen molar-refractivity contribution in [1.82, 2.24) is 10.3 Å². The third kappa shape index (κ3) is 4.77. The maximum absolute atomic E-state index is 12.9. The molecule has 2 aromatic rings. The summed E-state index contributed by atoms with van der Waals surface area (Å²) in [6.45, 7) is 0.247. The van der Waals surface area contributed by atoms with Gasteiger partial charge in [0, 0.05) is 11.9 Å². The molecular weight excluding hydrogens is 383 g/mol. The topological polar surface area (TPSA) is 71.1 Å². The fourth-order valence-corrected chi connectivity index (χ4v) is 2.87. The number of halogens is 4. The first kappa shape index (κ1) is 19.2. The number of hydrogen-bond acceptors (Lipinski definition) is 3. The molecule has 1 aromatic carbocycles. The SMILES string of the molecule is O=C(NCc1ccccn1)C1CC1C(=O)Nc1ccc(Cl)c(C(F)(F)F)c1. The summed E-state index contributed by atoms with van der Waals surface area (Å²) in [7, 11) is 0. The Balaban J connectivity index is 1.55. The number of aromatic nitrogens is 1. The molecule has 1 aliphatic rings. The summed E-state index contributed by atoms with van der Waals surface area (Å²) in [6, 6.07) is 8.45. The number of carbonyl (C=O) groups excluding carboxylic acids is 2. The number of rotatable bonds is 5. The molecule has 142 valence electrons. The third-order valence-corrected chi connectivity index (χ3v) is 4.50. The summed E-state index contributed by atoms with van der Waals surface area (Å²) in [5.41, 5.74) is -0.355. The van der Waals surface area contributed by atoms with Crippen LogP contribution in [0.5, 0.6) is 0 Å². The lowest BCUT2D eigenvalue weighted by Gasteiger charge is -2.11. The van der Waals surface area contributed by atoms with Crippen molar-refractivity contribution in [2.24, 2.45) is 11.8 Å². The first-order valence-corrected chi connectivity index (χ1v) is 8.48. The fraction of sp³-hybridized carbons (Fsp3) is 0.278. The average Bonchev–Trinajstić information content (AvgIpc) is 3.42. The zero-order chi connectivity index (χ0) is 19.6. The van der Waals surface area contributed by atoms with Gasteiger partial charge in [0.25, 0.3) is 0 Å². The van der Waals surface area contributed by atoms with Crippen LogP contribution in [0.25, 0.3) is 0 Å². The number of amides is 2. The van der Waals surface area contributed by atoms with Gasteiger partial charge in [-0.25, -0.2) is 0 Å². The van der Waals surface area contributed by atoms with Gasteiger partial charge in [-0.1, -0.05) is 17.7 Å². The lowest BCUT2D eigenvalue weighted by molar-refractivity contribution is -0.137. The number of anilines is 1. The molecule has 27 heavy (non-hydrogen) atoms. The number of benzene rings is 1. The Morgan fingerprint density at radius 1 is 1.15 bits per heavy atom. The van der Waals surface area contributed by atoms with Gasteiger partial charge >= 0.3 is 6.18 Å². The molecule has 2 N–H and O–H groups in total. The molecule has 3 rings (SSSR count). The maximum Gasteiger partial charge on any atom is 0.417 e. The Kier molecular flexibility index (Phi) is 5.36. The zero-order valence-electron chi connectivity index (χ0n) is 13.9. The molecule has 0 saturated heterocycles. The van der Waals surface area contributed by atoms with Crippen LogP contribution in [0.4, 0.5) is 18.9 Å². The third-order valence-electron chi connectivity index (χ3n) is 4.17. The van der Waals surface area contributed by atoms with Crippen molar-refractivity contribution in [2.45, 2.75) is 19.1 Å². The highest BCUT2D eigenvalue weighted by Crippen LogP contribution is 2.40. The van der Waals surface area contributed by atoms with E-state index in [4.69, 9.17) is 11.6 Å². The van der Waals surface area contributed by atoms with Crippen molar-refractivity contribution < 1.29 is 22.8 Å². The minimum atomic E-state index is -4.62. The van der Waals surface area contributed by atoms with Crippen LogP contribution in [0.3, 0.4) is 0 Å². The van der Waals surface area contributed by atoms with E-state index in [1.54, 1.807) is 24.4 Å². The maximum atomic E-state index is 12.9. The summed E-state index contributed by atoms with van der Waals surface area (Å²) in [5.74, 6) is -1.85. The van der Waals surface area contributed by atoms with Gasteiger partial charge in [-0.05, 0) is 36.8 Å². The van der Waals surface area contributed by atoms with Gasteiger partial charge in [0.1, 0.15) is 0 Å². The molecule has 0 aliphatic heterocycles. The second kappa shape index (κ2) is 7.56. The Morgan fingerprint density at radius 2 is 1.89 bits per heavy atom.